The van der Waals surface area contributed by atoms with Crippen LogP contribution in [-0.2, 0) is 26.5 Å². The molecule has 3 N–H and O–H groups in total. The van der Waals surface area contributed by atoms with E-state index in [4.69, 9.17) is 0 Å². The zero-order chi connectivity index (χ0) is 22.9. The van der Waals surface area contributed by atoms with Crippen molar-refractivity contribution in [1.82, 2.24) is 4.90 Å². The number of benzene rings is 2. The number of quaternary nitrogens is 1. The molecule has 3 amide bonds. The van der Waals surface area contributed by atoms with Crippen molar-refractivity contribution in [2.45, 2.75) is 45.8 Å². The van der Waals surface area contributed by atoms with E-state index >= 15 is 0 Å². The van der Waals surface area contributed by atoms with Crippen molar-refractivity contribution in [3.05, 3.63) is 64.5 Å². The van der Waals surface area contributed by atoms with Crippen molar-refractivity contribution in [1.29, 1.82) is 0 Å². The molecule has 5 rings (SSSR count). The van der Waals surface area contributed by atoms with Gasteiger partial charge in [0.2, 0.25) is 17.4 Å². The molecule has 166 valence electrons. The third-order valence-corrected chi connectivity index (χ3v) is 7.62. The lowest BCUT2D eigenvalue weighted by Gasteiger charge is -2.27. The van der Waals surface area contributed by atoms with Crippen LogP contribution in [0.4, 0.5) is 10.1 Å². The van der Waals surface area contributed by atoms with Gasteiger partial charge in [0, 0.05) is 11.5 Å². The van der Waals surface area contributed by atoms with Gasteiger partial charge in [-0.15, -0.1) is 0 Å². The zero-order valence-electron chi connectivity index (χ0n) is 18.6. The third-order valence-electron chi connectivity index (χ3n) is 7.62. The number of carbonyl (C=O) groups excluding carboxylic acids is 3. The van der Waals surface area contributed by atoms with E-state index in [1.807, 2.05) is 45.1 Å². The number of imide groups is 1. The van der Waals surface area contributed by atoms with E-state index in [0.717, 1.165) is 22.4 Å². The van der Waals surface area contributed by atoms with Gasteiger partial charge in [0.15, 0.2) is 0 Å². The number of fused-ring (bicyclic) bond motifs is 4. The average Bonchev–Trinajstić information content (AvgIpc) is 3.34. The summed E-state index contributed by atoms with van der Waals surface area (Å²) in [5, 5.41) is 4.99. The van der Waals surface area contributed by atoms with Crippen molar-refractivity contribution in [2.75, 3.05) is 5.32 Å². The van der Waals surface area contributed by atoms with Gasteiger partial charge in [-0.25, -0.2) is 4.39 Å². The molecule has 0 aliphatic carbocycles. The second-order valence-corrected chi connectivity index (χ2v) is 9.63. The first-order valence-electron chi connectivity index (χ1n) is 11.0. The van der Waals surface area contributed by atoms with Gasteiger partial charge in [0.05, 0.1) is 12.2 Å². The number of hydrogen-bond acceptors (Lipinski definition) is 3. The van der Waals surface area contributed by atoms with E-state index in [1.165, 1.54) is 17.0 Å². The SMILES string of the molecule is Cc1ccc2c(c1C)NC(=O)[C@@]21[NH2+][C@H](C(C)C)[C@H]2C(=O)N(Cc3ccc(F)cc3)C(=O)[C@H]21. The maximum atomic E-state index is 13.7. The number of amides is 3. The summed E-state index contributed by atoms with van der Waals surface area (Å²) in [6.45, 7) is 8.06. The molecule has 3 aliphatic rings. The molecule has 0 bridgehead atoms. The molecule has 2 saturated heterocycles. The van der Waals surface area contributed by atoms with E-state index in [1.54, 1.807) is 12.1 Å². The predicted octanol–water partition coefficient (Wildman–Crippen LogP) is 1.99. The Morgan fingerprint density at radius 2 is 1.75 bits per heavy atom. The van der Waals surface area contributed by atoms with Crippen molar-refractivity contribution < 1.29 is 24.1 Å². The summed E-state index contributed by atoms with van der Waals surface area (Å²) >= 11 is 0. The number of carbonyl (C=O) groups is 3. The lowest BCUT2D eigenvalue weighted by Crippen LogP contribution is -2.99. The number of nitrogens with zero attached hydrogens (tertiary/aromatic N) is 1. The summed E-state index contributed by atoms with van der Waals surface area (Å²) in [4.78, 5) is 42.1. The Labute approximate surface area is 186 Å². The van der Waals surface area contributed by atoms with Crippen LogP contribution in [0.5, 0.6) is 0 Å². The van der Waals surface area contributed by atoms with Crippen LogP contribution in [0, 0.1) is 37.4 Å². The fourth-order valence-corrected chi connectivity index (χ4v) is 5.80. The molecule has 32 heavy (non-hydrogen) atoms. The quantitative estimate of drug-likeness (QED) is 0.722. The van der Waals surface area contributed by atoms with Gasteiger partial charge in [-0.05, 0) is 48.7 Å². The second-order valence-electron chi connectivity index (χ2n) is 9.63. The zero-order valence-corrected chi connectivity index (χ0v) is 18.6. The molecule has 0 aromatic heterocycles. The first-order chi connectivity index (χ1) is 15.2. The maximum absolute atomic E-state index is 13.7. The highest BCUT2D eigenvalue weighted by Gasteiger charge is 2.74. The number of likely N-dealkylation sites (tertiary alicyclic amines) is 1. The van der Waals surface area contributed by atoms with Crippen molar-refractivity contribution in [2.24, 2.45) is 17.8 Å². The summed E-state index contributed by atoms with van der Waals surface area (Å²) in [7, 11) is 0. The smallest absolute Gasteiger partial charge is 0.291 e. The molecule has 6 nitrogen and oxygen atoms in total. The number of anilines is 1. The van der Waals surface area contributed by atoms with Gasteiger partial charge in [0.1, 0.15) is 23.7 Å². The van der Waals surface area contributed by atoms with Crippen LogP contribution in [0.15, 0.2) is 36.4 Å². The van der Waals surface area contributed by atoms with E-state index in [2.05, 4.69) is 5.32 Å². The van der Waals surface area contributed by atoms with Gasteiger partial charge < -0.3 is 10.6 Å². The van der Waals surface area contributed by atoms with Gasteiger partial charge >= 0.3 is 0 Å². The summed E-state index contributed by atoms with van der Waals surface area (Å²) < 4.78 is 13.3. The molecule has 2 aromatic carbocycles. The highest BCUT2D eigenvalue weighted by atomic mass is 19.1. The predicted molar refractivity (Wildman–Crippen MR) is 116 cm³/mol. The molecular weight excluding hydrogens is 409 g/mol. The van der Waals surface area contributed by atoms with E-state index in [-0.39, 0.29) is 42.0 Å². The molecule has 3 heterocycles. The first kappa shape index (κ1) is 20.8. The minimum Gasteiger partial charge on any atom is -0.326 e. The Morgan fingerprint density at radius 3 is 2.41 bits per heavy atom. The molecule has 2 aromatic rings. The van der Waals surface area contributed by atoms with Crippen LogP contribution in [0.3, 0.4) is 0 Å². The van der Waals surface area contributed by atoms with Crippen molar-refractivity contribution >= 4 is 23.4 Å². The van der Waals surface area contributed by atoms with Crippen molar-refractivity contribution in [3.8, 4) is 0 Å². The van der Waals surface area contributed by atoms with Crippen LogP contribution < -0.4 is 10.6 Å². The normalized spacial score (nSPS) is 28.6. The number of aryl methyl sites for hydroxylation is 1. The number of nitrogens with two attached hydrogens (primary N) is 1. The molecule has 1 spiro atoms. The van der Waals surface area contributed by atoms with Gasteiger partial charge in [0.25, 0.3) is 5.91 Å². The molecule has 0 radical (unpaired) electrons. The average molecular weight is 437 g/mol. The molecule has 3 aliphatic heterocycles. The Kier molecular flexibility index (Phi) is 4.53. The Hall–Kier alpha value is -3.06. The molecule has 4 atom stereocenters. The number of nitrogens with one attached hydrogen (secondary N) is 1. The van der Waals surface area contributed by atoms with Crippen molar-refractivity contribution in [3.63, 3.8) is 0 Å². The largest absolute Gasteiger partial charge is 0.326 e. The second kappa shape index (κ2) is 6.97. The highest BCUT2D eigenvalue weighted by Crippen LogP contribution is 2.51. The molecule has 2 fully saturated rings. The number of hydrogen-bond donors (Lipinski definition) is 2. The molecule has 0 unspecified atom stereocenters. The number of halogens is 1. The monoisotopic (exact) mass is 436 g/mol. The van der Waals surface area contributed by atoms with Gasteiger partial charge in [-0.1, -0.05) is 32.0 Å². The highest BCUT2D eigenvalue weighted by molar-refractivity contribution is 6.14. The first-order valence-corrected chi connectivity index (χ1v) is 11.0. The topological polar surface area (TPSA) is 83.1 Å². The van der Waals surface area contributed by atoms with Crippen LogP contribution in [0.2, 0.25) is 0 Å². The van der Waals surface area contributed by atoms with Gasteiger partial charge in [-0.2, -0.15) is 0 Å². The molecule has 7 heteroatoms. The van der Waals surface area contributed by atoms with Crippen LogP contribution in [0.1, 0.15) is 36.1 Å². The van der Waals surface area contributed by atoms with Gasteiger partial charge in [-0.3, -0.25) is 19.3 Å². The fraction of sp³-hybridized carbons (Fsp3) is 0.400. The summed E-state index contributed by atoms with van der Waals surface area (Å²) in [6.07, 6.45) is 0. The third kappa shape index (κ3) is 2.64. The number of rotatable bonds is 3. The minimum absolute atomic E-state index is 0.0766. The van der Waals surface area contributed by atoms with E-state index in [0.29, 0.717) is 5.56 Å². The maximum Gasteiger partial charge on any atom is 0.291 e. The molecular formula is C25H27FN3O3+. The van der Waals surface area contributed by atoms with E-state index in [9.17, 15) is 18.8 Å². The standard InChI is InChI=1S/C25H26FN3O3/c1-12(2)20-18-19(23(31)29(22(18)30)11-15-6-8-16(26)9-7-15)25(28-20)17-10-5-13(3)14(4)21(17)27-24(25)32/h5-10,12,18-20,28H,11H2,1-4H3,(H,27,32)/p+1/t18-,19-,20+,25+/m0/s1. The van der Waals surface area contributed by atoms with Crippen LogP contribution in [-0.4, -0.2) is 28.7 Å². The Balaban J connectivity index is 1.62. The lowest BCUT2D eigenvalue weighted by molar-refractivity contribution is -0.738. The summed E-state index contributed by atoms with van der Waals surface area (Å²) in [6, 6.07) is 9.49. The van der Waals surface area contributed by atoms with Crippen LogP contribution >= 0.6 is 0 Å². The fourth-order valence-electron chi connectivity index (χ4n) is 5.80. The Morgan fingerprint density at radius 1 is 1.06 bits per heavy atom. The van der Waals surface area contributed by atoms with E-state index < -0.39 is 17.4 Å². The van der Waals surface area contributed by atoms with Crippen LogP contribution in [0.25, 0.3) is 0 Å². The summed E-state index contributed by atoms with van der Waals surface area (Å²) in [5.41, 5.74) is 3.10. The Bertz CT molecular complexity index is 1160. The minimum atomic E-state index is -1.16. The lowest BCUT2D eigenvalue weighted by atomic mass is 9.75. The summed E-state index contributed by atoms with van der Waals surface area (Å²) in [5.74, 6) is -2.45. The molecule has 0 saturated carbocycles.